The fraction of sp³-hybridized carbons (Fsp3) is 0.526. The first kappa shape index (κ1) is 17.1. The van der Waals surface area contributed by atoms with Gasteiger partial charge in [-0.15, -0.1) is 0 Å². The van der Waals surface area contributed by atoms with Crippen molar-refractivity contribution in [2.75, 3.05) is 26.2 Å². The molecular weight excluding hydrogens is 300 g/mol. The van der Waals surface area contributed by atoms with Gasteiger partial charge in [0.05, 0.1) is 12.1 Å². The molecule has 1 aromatic heterocycles. The highest BCUT2D eigenvalue weighted by molar-refractivity contribution is 5.21. The van der Waals surface area contributed by atoms with E-state index in [0.717, 1.165) is 37.6 Å². The van der Waals surface area contributed by atoms with Crippen LogP contribution in [-0.4, -0.2) is 56.7 Å². The lowest BCUT2D eigenvalue weighted by atomic mass is 9.95. The van der Waals surface area contributed by atoms with Crippen LogP contribution in [0.25, 0.3) is 0 Å². The number of aryl methyl sites for hydroxylation is 1. The van der Waals surface area contributed by atoms with Crippen molar-refractivity contribution in [3.63, 3.8) is 0 Å². The van der Waals surface area contributed by atoms with Gasteiger partial charge in [-0.1, -0.05) is 30.3 Å². The van der Waals surface area contributed by atoms with Gasteiger partial charge in [0.1, 0.15) is 5.82 Å². The van der Waals surface area contributed by atoms with Crippen LogP contribution >= 0.6 is 0 Å². The number of piperazine rings is 1. The Balaban J connectivity index is 1.58. The Morgan fingerprint density at radius 2 is 2.00 bits per heavy atom. The maximum absolute atomic E-state index is 10.9. The molecule has 1 saturated heterocycles. The molecule has 3 rings (SSSR count). The molecule has 0 spiro atoms. The number of hydrogen-bond acceptors (Lipinski definition) is 4. The second kappa shape index (κ2) is 7.05. The van der Waals surface area contributed by atoms with E-state index in [1.54, 1.807) is 0 Å². The van der Waals surface area contributed by atoms with Gasteiger partial charge < -0.3 is 9.67 Å². The molecule has 1 aliphatic heterocycles. The highest BCUT2D eigenvalue weighted by atomic mass is 16.3. The smallest absolute Gasteiger partial charge is 0.122 e. The first-order valence-electron chi connectivity index (χ1n) is 8.66. The van der Waals surface area contributed by atoms with E-state index in [4.69, 9.17) is 0 Å². The summed E-state index contributed by atoms with van der Waals surface area (Å²) in [5.41, 5.74) is 0.163. The summed E-state index contributed by atoms with van der Waals surface area (Å²) >= 11 is 0. The highest BCUT2D eigenvalue weighted by Crippen LogP contribution is 2.23. The lowest BCUT2D eigenvalue weighted by molar-refractivity contribution is -0.0130. The van der Waals surface area contributed by atoms with E-state index in [-0.39, 0.29) is 0 Å². The van der Waals surface area contributed by atoms with Crippen molar-refractivity contribution in [2.45, 2.75) is 32.0 Å². The molecule has 5 heteroatoms. The van der Waals surface area contributed by atoms with Crippen LogP contribution in [-0.2, 0) is 19.2 Å². The van der Waals surface area contributed by atoms with Crippen LogP contribution in [0.15, 0.2) is 42.7 Å². The van der Waals surface area contributed by atoms with Gasteiger partial charge >= 0.3 is 0 Å². The largest absolute Gasteiger partial charge is 0.384 e. The predicted molar refractivity (Wildman–Crippen MR) is 95.5 cm³/mol. The van der Waals surface area contributed by atoms with E-state index in [9.17, 15) is 5.11 Å². The van der Waals surface area contributed by atoms with Crippen molar-refractivity contribution >= 4 is 0 Å². The van der Waals surface area contributed by atoms with E-state index in [2.05, 4.69) is 26.3 Å². The Labute approximate surface area is 144 Å². The minimum Gasteiger partial charge on any atom is -0.384 e. The lowest BCUT2D eigenvalue weighted by Gasteiger charge is -2.42. The zero-order valence-electron chi connectivity index (χ0n) is 14.9. The van der Waals surface area contributed by atoms with Gasteiger partial charge in [-0.25, -0.2) is 4.98 Å². The van der Waals surface area contributed by atoms with Gasteiger partial charge in [-0.3, -0.25) is 9.80 Å². The Kier molecular flexibility index (Phi) is 5.04. The van der Waals surface area contributed by atoms with Crippen LogP contribution in [0.3, 0.4) is 0 Å². The average molecular weight is 328 g/mol. The number of nitrogens with zero attached hydrogens (tertiary/aromatic N) is 4. The molecule has 0 bridgehead atoms. The van der Waals surface area contributed by atoms with Gasteiger partial charge in [0.25, 0.3) is 0 Å². The summed E-state index contributed by atoms with van der Waals surface area (Å²) in [6, 6.07) is 10.4. The van der Waals surface area contributed by atoms with Crippen molar-refractivity contribution in [3.8, 4) is 0 Å². The van der Waals surface area contributed by atoms with Gasteiger partial charge in [-0.05, 0) is 19.4 Å². The van der Waals surface area contributed by atoms with Crippen LogP contribution in [0.5, 0.6) is 0 Å². The summed E-state index contributed by atoms with van der Waals surface area (Å²) in [6.07, 6.45) is 3.85. The number of aliphatic hydroxyl groups is 1. The molecule has 2 atom stereocenters. The monoisotopic (exact) mass is 328 g/mol. The zero-order chi connectivity index (χ0) is 17.2. The minimum atomic E-state index is -0.817. The second-order valence-electron chi connectivity index (χ2n) is 7.15. The SMILES string of the molecule is C[C@@H]1CN(C[C@@](C)(O)c2ccccc2)CCN1Cc1nccn1C. The predicted octanol–water partition coefficient (Wildman–Crippen LogP) is 1.83. The summed E-state index contributed by atoms with van der Waals surface area (Å²) in [7, 11) is 2.04. The van der Waals surface area contributed by atoms with E-state index in [1.807, 2.05) is 56.7 Å². The maximum atomic E-state index is 10.9. The number of imidazole rings is 1. The van der Waals surface area contributed by atoms with Crippen molar-refractivity contribution in [1.82, 2.24) is 19.4 Å². The molecule has 0 saturated carbocycles. The number of rotatable bonds is 5. The fourth-order valence-corrected chi connectivity index (χ4v) is 3.50. The van der Waals surface area contributed by atoms with Gasteiger partial charge in [0.2, 0.25) is 0 Å². The molecule has 1 aromatic carbocycles. The van der Waals surface area contributed by atoms with Gasteiger partial charge in [0, 0.05) is 51.7 Å². The molecule has 1 fully saturated rings. The van der Waals surface area contributed by atoms with Crippen molar-refractivity contribution < 1.29 is 5.11 Å². The number of hydrogen-bond donors (Lipinski definition) is 1. The number of benzene rings is 1. The third kappa shape index (κ3) is 3.86. The first-order chi connectivity index (χ1) is 11.5. The normalized spacial score (nSPS) is 22.4. The standard InChI is InChI=1S/C19H28N4O/c1-16-13-22(15-19(2,24)17-7-5-4-6-8-17)11-12-23(16)14-18-20-9-10-21(18)3/h4-10,16,24H,11-15H2,1-3H3/t16-,19-/m1/s1. The molecule has 0 amide bonds. The quantitative estimate of drug-likeness (QED) is 0.909. The molecule has 5 nitrogen and oxygen atoms in total. The summed E-state index contributed by atoms with van der Waals surface area (Å²) in [4.78, 5) is 9.27. The Morgan fingerprint density at radius 1 is 1.25 bits per heavy atom. The third-order valence-corrected chi connectivity index (χ3v) is 5.04. The molecule has 1 aliphatic rings. The van der Waals surface area contributed by atoms with E-state index < -0.39 is 5.60 Å². The molecule has 0 aliphatic carbocycles. The molecule has 0 unspecified atom stereocenters. The van der Waals surface area contributed by atoms with Crippen LogP contribution in [0.2, 0.25) is 0 Å². The highest BCUT2D eigenvalue weighted by Gasteiger charge is 2.31. The summed E-state index contributed by atoms with van der Waals surface area (Å²) in [5.74, 6) is 1.10. The number of aromatic nitrogens is 2. The topological polar surface area (TPSA) is 44.5 Å². The summed E-state index contributed by atoms with van der Waals surface area (Å²) in [5, 5.41) is 10.9. The van der Waals surface area contributed by atoms with Crippen LogP contribution in [0.1, 0.15) is 25.2 Å². The molecule has 0 radical (unpaired) electrons. The molecule has 130 valence electrons. The Hall–Kier alpha value is -1.69. The van der Waals surface area contributed by atoms with E-state index in [1.165, 1.54) is 0 Å². The molecule has 1 N–H and O–H groups in total. The van der Waals surface area contributed by atoms with Crippen molar-refractivity contribution in [1.29, 1.82) is 0 Å². The van der Waals surface area contributed by atoms with E-state index >= 15 is 0 Å². The van der Waals surface area contributed by atoms with Crippen molar-refractivity contribution in [2.24, 2.45) is 7.05 Å². The Morgan fingerprint density at radius 3 is 2.62 bits per heavy atom. The summed E-state index contributed by atoms with van der Waals surface area (Å²) < 4.78 is 2.08. The lowest BCUT2D eigenvalue weighted by Crippen LogP contribution is -2.54. The second-order valence-corrected chi connectivity index (χ2v) is 7.15. The molecule has 2 heterocycles. The minimum absolute atomic E-state index is 0.446. The Bertz CT molecular complexity index is 652. The molecular formula is C19H28N4O. The summed E-state index contributed by atoms with van der Waals surface area (Å²) in [6.45, 7) is 8.65. The zero-order valence-corrected chi connectivity index (χ0v) is 14.9. The van der Waals surface area contributed by atoms with Gasteiger partial charge in [-0.2, -0.15) is 0 Å². The average Bonchev–Trinajstić information content (AvgIpc) is 2.96. The van der Waals surface area contributed by atoms with Crippen LogP contribution < -0.4 is 0 Å². The van der Waals surface area contributed by atoms with Crippen LogP contribution in [0.4, 0.5) is 0 Å². The number of β-amino-alcohol motifs (C(OH)–C–C–N with tert-alkyl or cyclic N) is 1. The van der Waals surface area contributed by atoms with Gasteiger partial charge in [0.15, 0.2) is 0 Å². The fourth-order valence-electron chi connectivity index (χ4n) is 3.50. The molecule has 24 heavy (non-hydrogen) atoms. The third-order valence-electron chi connectivity index (χ3n) is 5.04. The van der Waals surface area contributed by atoms with Crippen LogP contribution in [0, 0.1) is 0 Å². The molecule has 2 aromatic rings. The van der Waals surface area contributed by atoms with E-state index in [0.29, 0.717) is 12.6 Å². The van der Waals surface area contributed by atoms with Crippen molar-refractivity contribution in [3.05, 3.63) is 54.1 Å². The maximum Gasteiger partial charge on any atom is 0.122 e. The first-order valence-corrected chi connectivity index (χ1v) is 8.66.